The lowest BCUT2D eigenvalue weighted by atomic mass is 10.3. The van der Waals surface area contributed by atoms with Crippen molar-refractivity contribution in [2.45, 2.75) is 18.8 Å². The molecule has 1 saturated heterocycles. The highest BCUT2D eigenvalue weighted by Gasteiger charge is 2.33. The van der Waals surface area contributed by atoms with Crippen molar-refractivity contribution in [2.75, 3.05) is 13.2 Å². The lowest BCUT2D eigenvalue weighted by Crippen LogP contribution is -2.24. The van der Waals surface area contributed by atoms with Gasteiger partial charge < -0.3 is 14.6 Å². The van der Waals surface area contributed by atoms with E-state index < -0.39 is 5.79 Å². The lowest BCUT2D eigenvalue weighted by Gasteiger charge is -2.17. The van der Waals surface area contributed by atoms with E-state index in [9.17, 15) is 0 Å². The van der Waals surface area contributed by atoms with Crippen molar-refractivity contribution in [1.82, 2.24) is 0 Å². The van der Waals surface area contributed by atoms with Gasteiger partial charge in [-0.15, -0.1) is 0 Å². The smallest absolute Gasteiger partial charge is 0.185 e. The molecule has 3 nitrogen and oxygen atoms in total. The third-order valence-electron chi connectivity index (χ3n) is 1.53. The van der Waals surface area contributed by atoms with Crippen LogP contribution in [0.1, 0.15) is 6.92 Å². The molecule has 0 radical (unpaired) electrons. The average Bonchev–Trinajstić information content (AvgIpc) is 2.33. The van der Waals surface area contributed by atoms with E-state index in [1.807, 2.05) is 0 Å². The molecule has 1 fully saturated rings. The van der Waals surface area contributed by atoms with E-state index in [1.165, 1.54) is 0 Å². The van der Waals surface area contributed by atoms with Crippen LogP contribution in [0.2, 0.25) is 0 Å². The minimum absolute atomic E-state index is 0.00340. The summed E-state index contributed by atoms with van der Waals surface area (Å²) < 4.78 is 10.4. The van der Waals surface area contributed by atoms with Gasteiger partial charge in [0.15, 0.2) is 5.79 Å². The Kier molecular flexibility index (Phi) is 2.08. The molecule has 1 N–H and O–H groups in total. The van der Waals surface area contributed by atoms with Crippen LogP contribution in [0.4, 0.5) is 0 Å². The predicted molar refractivity (Wildman–Crippen MR) is 36.5 cm³/mol. The van der Waals surface area contributed by atoms with Crippen LogP contribution in [0.25, 0.3) is 0 Å². The van der Waals surface area contributed by atoms with Crippen LogP contribution >= 0.6 is 0 Å². The lowest BCUT2D eigenvalue weighted by molar-refractivity contribution is -0.118. The molecular formula is C7H12O3. The molecule has 2 atom stereocenters. The van der Waals surface area contributed by atoms with Crippen molar-refractivity contribution < 1.29 is 14.6 Å². The summed E-state index contributed by atoms with van der Waals surface area (Å²) in [4.78, 5) is 0. The minimum atomic E-state index is -0.687. The van der Waals surface area contributed by atoms with Crippen LogP contribution in [0.5, 0.6) is 0 Å². The van der Waals surface area contributed by atoms with E-state index in [0.717, 1.165) is 0 Å². The molecule has 0 unspecified atom stereocenters. The second kappa shape index (κ2) is 2.70. The Labute approximate surface area is 60.3 Å². The first-order valence-corrected chi connectivity index (χ1v) is 3.26. The molecule has 0 aliphatic carbocycles. The fourth-order valence-corrected chi connectivity index (χ4v) is 0.854. The Bertz CT molecular complexity index is 135. The van der Waals surface area contributed by atoms with E-state index in [0.29, 0.717) is 6.61 Å². The van der Waals surface area contributed by atoms with Crippen LogP contribution in [-0.4, -0.2) is 30.2 Å². The number of hydrogen-bond donors (Lipinski definition) is 1. The van der Waals surface area contributed by atoms with Gasteiger partial charge in [-0.25, -0.2) is 0 Å². The SMILES string of the molecule is C=C[C@]1(C)OC[C@H](CO)O1. The Morgan fingerprint density at radius 2 is 2.60 bits per heavy atom. The second-order valence-electron chi connectivity index (χ2n) is 2.45. The molecule has 0 aromatic carbocycles. The van der Waals surface area contributed by atoms with Crippen molar-refractivity contribution >= 4 is 0 Å². The van der Waals surface area contributed by atoms with Gasteiger partial charge in [-0.05, 0) is 13.0 Å². The molecule has 10 heavy (non-hydrogen) atoms. The van der Waals surface area contributed by atoms with Crippen LogP contribution in [0.15, 0.2) is 12.7 Å². The number of rotatable bonds is 2. The van der Waals surface area contributed by atoms with Crippen molar-refractivity contribution in [2.24, 2.45) is 0 Å². The molecule has 0 aromatic heterocycles. The van der Waals surface area contributed by atoms with Crippen LogP contribution in [0.3, 0.4) is 0 Å². The highest BCUT2D eigenvalue weighted by Crippen LogP contribution is 2.23. The first-order valence-electron chi connectivity index (χ1n) is 3.26. The molecule has 0 aromatic rings. The zero-order valence-corrected chi connectivity index (χ0v) is 6.04. The fourth-order valence-electron chi connectivity index (χ4n) is 0.854. The molecular weight excluding hydrogens is 132 g/mol. The number of aliphatic hydroxyl groups is 1. The van der Waals surface area contributed by atoms with Gasteiger partial charge in [-0.3, -0.25) is 0 Å². The summed E-state index contributed by atoms with van der Waals surface area (Å²) in [7, 11) is 0. The second-order valence-corrected chi connectivity index (χ2v) is 2.45. The van der Waals surface area contributed by atoms with Crippen molar-refractivity contribution in [1.29, 1.82) is 0 Å². The maximum atomic E-state index is 8.65. The number of aliphatic hydroxyl groups excluding tert-OH is 1. The molecule has 1 aliphatic heterocycles. The van der Waals surface area contributed by atoms with Crippen molar-refractivity contribution in [3.8, 4) is 0 Å². The highest BCUT2D eigenvalue weighted by molar-refractivity contribution is 4.90. The van der Waals surface area contributed by atoms with Gasteiger partial charge in [0.05, 0.1) is 13.2 Å². The van der Waals surface area contributed by atoms with E-state index in [2.05, 4.69) is 6.58 Å². The van der Waals surface area contributed by atoms with Gasteiger partial charge in [-0.2, -0.15) is 0 Å². The van der Waals surface area contributed by atoms with E-state index in [-0.39, 0.29) is 12.7 Å². The molecule has 1 rings (SSSR count). The Hall–Kier alpha value is -0.380. The summed E-state index contributed by atoms with van der Waals surface area (Å²) in [6.07, 6.45) is 1.39. The summed E-state index contributed by atoms with van der Waals surface area (Å²) in [6, 6.07) is 0. The maximum Gasteiger partial charge on any atom is 0.185 e. The topological polar surface area (TPSA) is 38.7 Å². The van der Waals surface area contributed by atoms with E-state index in [1.54, 1.807) is 13.0 Å². The Morgan fingerprint density at radius 3 is 2.90 bits per heavy atom. The third-order valence-corrected chi connectivity index (χ3v) is 1.53. The quantitative estimate of drug-likeness (QED) is 0.566. The fraction of sp³-hybridized carbons (Fsp3) is 0.714. The van der Waals surface area contributed by atoms with Crippen LogP contribution in [-0.2, 0) is 9.47 Å². The van der Waals surface area contributed by atoms with Crippen molar-refractivity contribution in [3.63, 3.8) is 0 Å². The van der Waals surface area contributed by atoms with Gasteiger partial charge in [0.1, 0.15) is 6.10 Å². The first-order chi connectivity index (χ1) is 4.70. The standard InChI is InChI=1S/C7H12O3/c1-3-7(2)9-5-6(4-8)10-7/h3,6,8H,1,4-5H2,2H3/t6-,7+/m0/s1. The Balaban J connectivity index is 2.48. The van der Waals surface area contributed by atoms with E-state index >= 15 is 0 Å². The summed E-state index contributed by atoms with van der Waals surface area (Å²) >= 11 is 0. The molecule has 1 aliphatic rings. The van der Waals surface area contributed by atoms with Crippen molar-refractivity contribution in [3.05, 3.63) is 12.7 Å². The summed E-state index contributed by atoms with van der Waals surface area (Å²) in [6.45, 7) is 5.77. The molecule has 1 heterocycles. The largest absolute Gasteiger partial charge is 0.394 e. The molecule has 3 heteroatoms. The van der Waals surface area contributed by atoms with Gasteiger partial charge in [0.25, 0.3) is 0 Å². The van der Waals surface area contributed by atoms with E-state index in [4.69, 9.17) is 14.6 Å². The van der Waals surface area contributed by atoms with Gasteiger partial charge in [0.2, 0.25) is 0 Å². The van der Waals surface area contributed by atoms with Gasteiger partial charge >= 0.3 is 0 Å². The summed E-state index contributed by atoms with van der Waals surface area (Å²) in [5, 5.41) is 8.65. The first kappa shape index (κ1) is 7.72. The minimum Gasteiger partial charge on any atom is -0.394 e. The maximum absolute atomic E-state index is 8.65. The zero-order chi connectivity index (χ0) is 7.61. The zero-order valence-electron chi connectivity index (χ0n) is 6.04. The van der Waals surface area contributed by atoms with Crippen LogP contribution < -0.4 is 0 Å². The summed E-state index contributed by atoms with van der Waals surface area (Å²) in [5.41, 5.74) is 0. The average molecular weight is 144 g/mol. The number of ether oxygens (including phenoxy) is 2. The summed E-state index contributed by atoms with van der Waals surface area (Å²) in [5.74, 6) is -0.687. The normalized spacial score (nSPS) is 40.0. The molecule has 58 valence electrons. The Morgan fingerprint density at radius 1 is 1.90 bits per heavy atom. The monoisotopic (exact) mass is 144 g/mol. The highest BCUT2D eigenvalue weighted by atomic mass is 16.7. The molecule has 0 saturated carbocycles. The number of hydrogen-bond acceptors (Lipinski definition) is 3. The third kappa shape index (κ3) is 1.37. The molecule has 0 bridgehead atoms. The molecule has 0 spiro atoms. The molecule has 0 amide bonds. The van der Waals surface area contributed by atoms with Gasteiger partial charge in [0, 0.05) is 0 Å². The predicted octanol–water partition coefficient (Wildman–Crippen LogP) is 0.296. The van der Waals surface area contributed by atoms with Gasteiger partial charge in [-0.1, -0.05) is 6.58 Å². The van der Waals surface area contributed by atoms with Crippen LogP contribution in [0, 0.1) is 0 Å².